The van der Waals surface area contributed by atoms with E-state index in [0.29, 0.717) is 12.5 Å². The predicted molar refractivity (Wildman–Crippen MR) is 111 cm³/mol. The summed E-state index contributed by atoms with van der Waals surface area (Å²) in [6.45, 7) is 5.31. The molecule has 0 aliphatic rings. The van der Waals surface area contributed by atoms with Crippen molar-refractivity contribution in [2.24, 2.45) is 5.92 Å². The van der Waals surface area contributed by atoms with Crippen molar-refractivity contribution < 1.29 is 26.7 Å². The van der Waals surface area contributed by atoms with Crippen molar-refractivity contribution in [2.75, 3.05) is 22.9 Å². The Hall–Kier alpha value is -2.47. The Balaban J connectivity index is 2.36. The van der Waals surface area contributed by atoms with Gasteiger partial charge in [-0.3, -0.25) is 4.72 Å². The molecule has 1 aromatic carbocycles. The average molecular weight is 462 g/mol. The number of aliphatic hydroxyl groups is 1. The van der Waals surface area contributed by atoms with Gasteiger partial charge in [0, 0.05) is 12.5 Å². The van der Waals surface area contributed by atoms with Crippen molar-refractivity contribution in [1.29, 1.82) is 0 Å². The molecule has 2 atom stereocenters. The molecule has 0 saturated carbocycles. The van der Waals surface area contributed by atoms with Gasteiger partial charge in [0.25, 0.3) is 0 Å². The Kier molecular flexibility index (Phi) is 8.18. The van der Waals surface area contributed by atoms with Crippen LogP contribution in [0.2, 0.25) is 0 Å². The quantitative estimate of drug-likeness (QED) is 0.466. The molecule has 1 heterocycles. The summed E-state index contributed by atoms with van der Waals surface area (Å²) in [5.41, 5.74) is -0.0699. The van der Waals surface area contributed by atoms with Gasteiger partial charge in [-0.25, -0.2) is 21.6 Å². The second-order valence-corrected chi connectivity index (χ2v) is 9.57. The molecular weight excluding hydrogens is 435 g/mol. The molecule has 31 heavy (non-hydrogen) atoms. The first-order valence-corrected chi connectivity index (χ1v) is 11.5. The minimum Gasteiger partial charge on any atom is -0.394 e. The lowest BCUT2D eigenvalue weighted by atomic mass is 9.96. The number of benzene rings is 1. The van der Waals surface area contributed by atoms with Crippen molar-refractivity contribution in [1.82, 2.24) is 15.0 Å². The van der Waals surface area contributed by atoms with E-state index in [1.807, 2.05) is 13.8 Å². The maximum Gasteiger partial charge on any atom is 0.241 e. The van der Waals surface area contributed by atoms with Crippen LogP contribution >= 0.6 is 0 Å². The highest BCUT2D eigenvalue weighted by molar-refractivity contribution is 7.91. The fourth-order valence-electron chi connectivity index (χ4n) is 3.02. The Morgan fingerprint density at radius 3 is 2.19 bits per heavy atom. The van der Waals surface area contributed by atoms with Crippen molar-refractivity contribution >= 4 is 21.9 Å². The van der Waals surface area contributed by atoms with Crippen LogP contribution < -0.4 is 10.0 Å². The van der Waals surface area contributed by atoms with E-state index in [4.69, 9.17) is 0 Å². The average Bonchev–Trinajstić information content (AvgIpc) is 2.62. The van der Waals surface area contributed by atoms with Crippen LogP contribution in [0.5, 0.6) is 0 Å². The molecule has 8 nitrogen and oxygen atoms in total. The molecule has 1 unspecified atom stereocenters. The van der Waals surface area contributed by atoms with E-state index < -0.39 is 33.4 Å². The highest BCUT2D eigenvalue weighted by Crippen LogP contribution is 2.25. The smallest absolute Gasteiger partial charge is 0.241 e. The predicted octanol–water partition coefficient (Wildman–Crippen LogP) is 2.83. The third-order valence-corrected chi connectivity index (χ3v) is 4.88. The molecule has 0 aliphatic heterocycles. The van der Waals surface area contributed by atoms with Crippen molar-refractivity contribution in [2.45, 2.75) is 45.6 Å². The summed E-state index contributed by atoms with van der Waals surface area (Å²) in [5, 5.41) is 12.5. The molecule has 0 radical (unpaired) electrons. The first-order chi connectivity index (χ1) is 14.4. The molecule has 172 valence electrons. The van der Waals surface area contributed by atoms with Gasteiger partial charge in [0.1, 0.15) is 11.6 Å². The van der Waals surface area contributed by atoms with E-state index in [1.165, 1.54) is 0 Å². The minimum absolute atomic E-state index is 0.00833. The van der Waals surface area contributed by atoms with Crippen LogP contribution in [0.3, 0.4) is 0 Å². The first-order valence-electron chi connectivity index (χ1n) is 9.62. The van der Waals surface area contributed by atoms with E-state index in [0.717, 1.165) is 12.3 Å². The van der Waals surface area contributed by atoms with Gasteiger partial charge in [-0.05, 0) is 29.9 Å². The number of sulfonamides is 1. The number of rotatable bonds is 10. The zero-order valence-corrected chi connectivity index (χ0v) is 18.5. The SMILES string of the molecule is CC(C)C[C@H](CO)Nc1nc(CC(C)c2cc(F)c(F)cc2F)nc(NS(C)(=O)=O)n1. The lowest BCUT2D eigenvalue weighted by Gasteiger charge is -2.19. The molecule has 0 fully saturated rings. The number of aromatic nitrogens is 3. The van der Waals surface area contributed by atoms with Gasteiger partial charge in [-0.15, -0.1) is 0 Å². The first kappa shape index (κ1) is 24.8. The van der Waals surface area contributed by atoms with Crippen molar-refractivity contribution in [3.8, 4) is 0 Å². The van der Waals surface area contributed by atoms with Gasteiger partial charge < -0.3 is 10.4 Å². The second-order valence-electron chi connectivity index (χ2n) is 7.82. The Morgan fingerprint density at radius 2 is 1.61 bits per heavy atom. The molecule has 0 aliphatic carbocycles. The minimum atomic E-state index is -3.69. The van der Waals surface area contributed by atoms with Crippen LogP contribution in [0.1, 0.15) is 44.5 Å². The zero-order valence-electron chi connectivity index (χ0n) is 17.7. The number of nitrogens with one attached hydrogen (secondary N) is 2. The molecule has 0 spiro atoms. The van der Waals surface area contributed by atoms with Crippen LogP contribution in [0.25, 0.3) is 0 Å². The van der Waals surface area contributed by atoms with Gasteiger partial charge in [0.15, 0.2) is 11.6 Å². The molecule has 1 aromatic heterocycles. The third kappa shape index (κ3) is 7.62. The normalized spacial score (nSPS) is 13.8. The van der Waals surface area contributed by atoms with E-state index in [1.54, 1.807) is 6.92 Å². The van der Waals surface area contributed by atoms with Gasteiger partial charge in [0.05, 0.1) is 18.9 Å². The zero-order chi connectivity index (χ0) is 23.3. The van der Waals surface area contributed by atoms with E-state index in [9.17, 15) is 26.7 Å². The Labute approximate surface area is 179 Å². The molecule has 0 amide bonds. The lowest BCUT2D eigenvalue weighted by Crippen LogP contribution is -2.27. The number of aliphatic hydroxyl groups excluding tert-OH is 1. The Morgan fingerprint density at radius 1 is 1.00 bits per heavy atom. The molecule has 2 rings (SSSR count). The maximum absolute atomic E-state index is 14.1. The summed E-state index contributed by atoms with van der Waals surface area (Å²) in [6.07, 6.45) is 1.52. The number of hydrogen-bond donors (Lipinski definition) is 3. The summed E-state index contributed by atoms with van der Waals surface area (Å²) in [7, 11) is -3.69. The van der Waals surface area contributed by atoms with Crippen LogP contribution in [0, 0.1) is 23.4 Å². The number of halogens is 3. The fourth-order valence-corrected chi connectivity index (χ4v) is 3.44. The summed E-state index contributed by atoms with van der Waals surface area (Å²) in [6, 6.07) is 0.855. The van der Waals surface area contributed by atoms with Crippen LogP contribution in [-0.2, 0) is 16.4 Å². The van der Waals surface area contributed by atoms with Gasteiger partial charge >= 0.3 is 0 Å². The summed E-state index contributed by atoms with van der Waals surface area (Å²) in [4.78, 5) is 12.3. The number of nitrogens with zero attached hydrogens (tertiary/aromatic N) is 3. The third-order valence-electron chi connectivity index (χ3n) is 4.33. The fraction of sp³-hybridized carbons (Fsp3) is 0.526. The maximum atomic E-state index is 14.1. The monoisotopic (exact) mass is 461 g/mol. The molecule has 3 N–H and O–H groups in total. The van der Waals surface area contributed by atoms with Gasteiger partial charge in [0.2, 0.25) is 21.9 Å². The highest BCUT2D eigenvalue weighted by atomic mass is 32.2. The molecule has 0 saturated heterocycles. The van der Waals surface area contributed by atoms with Crippen LogP contribution in [0.15, 0.2) is 12.1 Å². The van der Waals surface area contributed by atoms with Crippen LogP contribution in [0.4, 0.5) is 25.1 Å². The molecule has 12 heteroatoms. The van der Waals surface area contributed by atoms with Gasteiger partial charge in [-0.1, -0.05) is 20.8 Å². The number of hydrogen-bond acceptors (Lipinski definition) is 7. The number of anilines is 2. The Bertz CT molecular complexity index is 1020. The standard InChI is InChI=1S/C19H26F3N5O3S/c1-10(2)5-12(9-28)23-18-24-17(25-19(26-18)27-31(4,29)30)6-11(3)13-7-15(21)16(22)8-14(13)20/h7-8,10-12,28H,5-6,9H2,1-4H3,(H2,23,24,25,26,27)/t11?,12-/m1/s1. The van der Waals surface area contributed by atoms with Crippen LogP contribution in [-0.4, -0.2) is 47.4 Å². The van der Waals surface area contributed by atoms with E-state index >= 15 is 0 Å². The topological polar surface area (TPSA) is 117 Å². The molecule has 2 aromatic rings. The van der Waals surface area contributed by atoms with Gasteiger partial charge in [-0.2, -0.15) is 15.0 Å². The summed E-state index contributed by atoms with van der Waals surface area (Å²) in [5.74, 6) is -3.91. The van der Waals surface area contributed by atoms with E-state index in [-0.39, 0.29) is 48.3 Å². The largest absolute Gasteiger partial charge is 0.394 e. The van der Waals surface area contributed by atoms with Crippen molar-refractivity contribution in [3.05, 3.63) is 41.0 Å². The summed E-state index contributed by atoms with van der Waals surface area (Å²) < 4.78 is 66.3. The molecular formula is C19H26F3N5O3S. The highest BCUT2D eigenvalue weighted by Gasteiger charge is 2.20. The van der Waals surface area contributed by atoms with Crippen molar-refractivity contribution in [3.63, 3.8) is 0 Å². The lowest BCUT2D eigenvalue weighted by molar-refractivity contribution is 0.259. The van der Waals surface area contributed by atoms with E-state index in [2.05, 4.69) is 25.0 Å². The summed E-state index contributed by atoms with van der Waals surface area (Å²) >= 11 is 0. The molecule has 0 bridgehead atoms. The second kappa shape index (κ2) is 10.2.